The Labute approximate surface area is 55.4 Å². The van der Waals surface area contributed by atoms with Crippen molar-refractivity contribution in [1.29, 1.82) is 0 Å². The molecule has 0 aliphatic carbocycles. The smallest absolute Gasteiger partial charge is 0.222 e. The molecule has 0 aliphatic heterocycles. The normalized spacial score (nSPS) is 9.44. The molecule has 9 heavy (non-hydrogen) atoms. The molecule has 0 saturated heterocycles. The van der Waals surface area contributed by atoms with Crippen LogP contribution in [0.25, 0.3) is 0 Å². The van der Waals surface area contributed by atoms with Crippen LogP contribution in [0.15, 0.2) is 0 Å². The van der Waals surface area contributed by atoms with E-state index in [1.54, 1.807) is 20.8 Å². The maximum Gasteiger partial charge on any atom is 0.222 e. The number of rotatable bonds is 0. The minimum absolute atomic E-state index is 0.257. The summed E-state index contributed by atoms with van der Waals surface area (Å²) in [6.45, 7) is 5.36. The van der Waals surface area contributed by atoms with Gasteiger partial charge in [-0.2, -0.15) is 0 Å². The summed E-state index contributed by atoms with van der Waals surface area (Å²) in [5.74, 6) is 7.74. The summed E-state index contributed by atoms with van der Waals surface area (Å²) in [5.41, 5.74) is 4.57. The van der Waals surface area contributed by atoms with Gasteiger partial charge in [-0.05, 0) is 0 Å². The first kappa shape index (κ1) is 11.2. The molecule has 0 bridgehead atoms. The second-order valence-electron chi connectivity index (χ2n) is 2.61. The second-order valence-corrected chi connectivity index (χ2v) is 2.61. The van der Waals surface area contributed by atoms with Gasteiger partial charge in [-0.15, -0.1) is 0 Å². The number of hydrazine groups is 1. The quantitative estimate of drug-likeness (QED) is 0.302. The van der Waals surface area contributed by atoms with E-state index in [2.05, 4.69) is 11.7 Å². The Morgan fingerprint density at radius 3 is 1.33 bits per heavy atom. The molecule has 0 unspecified atom stereocenters. The van der Waals surface area contributed by atoms with Crippen LogP contribution in [0.3, 0.4) is 0 Å². The summed E-state index contributed by atoms with van der Waals surface area (Å²) in [6.07, 6.45) is 0. The first-order valence-corrected chi connectivity index (χ1v) is 2.58. The van der Waals surface area contributed by atoms with Gasteiger partial charge in [0.05, 0.1) is 0 Å². The van der Waals surface area contributed by atoms with Gasteiger partial charge in [0.15, 0.2) is 0 Å². The molecule has 0 aromatic rings. The van der Waals surface area contributed by atoms with Crippen LogP contribution < -0.4 is 17.4 Å². The molecular formula is C5H15N3O. The van der Waals surface area contributed by atoms with Crippen LogP contribution in [-0.2, 0) is 4.79 Å². The molecule has 0 spiro atoms. The molecule has 4 heteroatoms. The molecule has 6 N–H and O–H groups in total. The molecule has 0 fully saturated rings. The zero-order valence-corrected chi connectivity index (χ0v) is 6.14. The summed E-state index contributed by atoms with van der Waals surface area (Å²) < 4.78 is 0. The van der Waals surface area contributed by atoms with Crippen molar-refractivity contribution in [3.63, 3.8) is 0 Å². The second kappa shape index (κ2) is 4.29. The predicted molar refractivity (Wildman–Crippen MR) is 37.0 cm³/mol. The van der Waals surface area contributed by atoms with E-state index in [0.717, 1.165) is 0 Å². The molecule has 0 rings (SSSR count). The van der Waals surface area contributed by atoms with Gasteiger partial charge < -0.3 is 5.73 Å². The molecule has 0 aromatic heterocycles. The largest absolute Gasteiger partial charge is 0.369 e. The minimum Gasteiger partial charge on any atom is -0.369 e. The Hall–Kier alpha value is -0.610. The monoisotopic (exact) mass is 133 g/mol. The average Bonchev–Trinajstić information content (AvgIpc) is 1.69. The molecule has 0 heterocycles. The predicted octanol–water partition coefficient (Wildman–Crippen LogP) is -0.663. The van der Waals surface area contributed by atoms with Crippen LogP contribution in [0.1, 0.15) is 20.8 Å². The van der Waals surface area contributed by atoms with E-state index < -0.39 is 0 Å². The van der Waals surface area contributed by atoms with Gasteiger partial charge in [-0.3, -0.25) is 16.5 Å². The van der Waals surface area contributed by atoms with E-state index in [-0.39, 0.29) is 11.3 Å². The van der Waals surface area contributed by atoms with Crippen molar-refractivity contribution in [2.45, 2.75) is 20.8 Å². The zero-order chi connectivity index (χ0) is 8.08. The van der Waals surface area contributed by atoms with Crippen LogP contribution in [0.4, 0.5) is 0 Å². The third kappa shape index (κ3) is 7.39. The zero-order valence-electron chi connectivity index (χ0n) is 6.14. The lowest BCUT2D eigenvalue weighted by molar-refractivity contribution is -0.125. The molecule has 0 atom stereocenters. The van der Waals surface area contributed by atoms with Gasteiger partial charge in [0.1, 0.15) is 0 Å². The number of hydrogen-bond acceptors (Lipinski definition) is 3. The van der Waals surface area contributed by atoms with Gasteiger partial charge in [-0.25, -0.2) is 0 Å². The van der Waals surface area contributed by atoms with Crippen molar-refractivity contribution in [1.82, 2.24) is 0 Å². The Bertz CT molecular complexity index is 84.7. The van der Waals surface area contributed by atoms with E-state index >= 15 is 0 Å². The summed E-state index contributed by atoms with van der Waals surface area (Å²) in [4.78, 5) is 10.2. The lowest BCUT2D eigenvalue weighted by Crippen LogP contribution is -2.27. The summed E-state index contributed by atoms with van der Waals surface area (Å²) in [6, 6.07) is 0. The fourth-order valence-electron chi connectivity index (χ4n) is 0. The third-order valence-electron chi connectivity index (χ3n) is 0.739. The molecule has 1 amide bonds. The highest BCUT2D eigenvalue weighted by molar-refractivity contribution is 5.79. The highest BCUT2D eigenvalue weighted by Gasteiger charge is 2.16. The SMILES string of the molecule is CC(C)(C)C(N)=O.NN. The number of carbonyl (C=O) groups is 1. The first-order valence-electron chi connectivity index (χ1n) is 2.58. The number of hydrogen-bond donors (Lipinski definition) is 3. The van der Waals surface area contributed by atoms with Crippen molar-refractivity contribution in [3.05, 3.63) is 0 Å². The van der Waals surface area contributed by atoms with E-state index in [4.69, 9.17) is 5.73 Å². The minimum atomic E-state index is -0.361. The fraction of sp³-hybridized carbons (Fsp3) is 0.800. The summed E-state index contributed by atoms with van der Waals surface area (Å²) >= 11 is 0. The molecule has 0 radical (unpaired) electrons. The molecule has 4 nitrogen and oxygen atoms in total. The van der Waals surface area contributed by atoms with Gasteiger partial charge in [0, 0.05) is 5.41 Å². The maximum absolute atomic E-state index is 10.2. The molecule has 56 valence electrons. The van der Waals surface area contributed by atoms with Crippen molar-refractivity contribution < 1.29 is 4.79 Å². The lowest BCUT2D eigenvalue weighted by Gasteiger charge is -2.10. The number of carbonyl (C=O) groups excluding carboxylic acids is 1. The number of amides is 1. The highest BCUT2D eigenvalue weighted by atomic mass is 16.1. The number of nitrogens with two attached hydrogens (primary N) is 3. The molecule has 0 aliphatic rings. The highest BCUT2D eigenvalue weighted by Crippen LogP contribution is 2.09. The van der Waals surface area contributed by atoms with Crippen molar-refractivity contribution in [3.8, 4) is 0 Å². The van der Waals surface area contributed by atoms with Crippen LogP contribution in [0.5, 0.6) is 0 Å². The average molecular weight is 133 g/mol. The topological polar surface area (TPSA) is 95.1 Å². The van der Waals surface area contributed by atoms with Crippen LogP contribution >= 0.6 is 0 Å². The van der Waals surface area contributed by atoms with Gasteiger partial charge >= 0.3 is 0 Å². The van der Waals surface area contributed by atoms with Crippen LogP contribution in [-0.4, -0.2) is 5.91 Å². The Kier molecular flexibility index (Phi) is 5.34. The van der Waals surface area contributed by atoms with Crippen LogP contribution in [0, 0.1) is 5.41 Å². The lowest BCUT2D eigenvalue weighted by atomic mass is 9.96. The summed E-state index contributed by atoms with van der Waals surface area (Å²) in [5, 5.41) is 0. The van der Waals surface area contributed by atoms with Crippen molar-refractivity contribution in [2.75, 3.05) is 0 Å². The first-order chi connectivity index (χ1) is 3.94. The van der Waals surface area contributed by atoms with Gasteiger partial charge in [0.25, 0.3) is 0 Å². The van der Waals surface area contributed by atoms with Crippen LogP contribution in [0.2, 0.25) is 0 Å². The Morgan fingerprint density at radius 1 is 1.22 bits per heavy atom. The molecule has 0 saturated carbocycles. The molecule has 0 aromatic carbocycles. The summed E-state index contributed by atoms with van der Waals surface area (Å²) in [7, 11) is 0. The standard InChI is InChI=1S/C5H11NO.H4N2/c1-5(2,3)4(6)7;1-2/h1-3H3,(H2,6,7);1-2H2. The van der Waals surface area contributed by atoms with E-state index in [9.17, 15) is 4.79 Å². The molecular weight excluding hydrogens is 118 g/mol. The van der Waals surface area contributed by atoms with Gasteiger partial charge in [0.2, 0.25) is 5.91 Å². The third-order valence-corrected chi connectivity index (χ3v) is 0.739. The Morgan fingerprint density at radius 2 is 1.33 bits per heavy atom. The Balaban J connectivity index is 0. The van der Waals surface area contributed by atoms with E-state index in [1.807, 2.05) is 0 Å². The van der Waals surface area contributed by atoms with Crippen molar-refractivity contribution >= 4 is 5.91 Å². The van der Waals surface area contributed by atoms with Crippen molar-refractivity contribution in [2.24, 2.45) is 22.8 Å². The fourth-order valence-corrected chi connectivity index (χ4v) is 0. The van der Waals surface area contributed by atoms with E-state index in [1.165, 1.54) is 0 Å². The van der Waals surface area contributed by atoms with Gasteiger partial charge in [-0.1, -0.05) is 20.8 Å². The van der Waals surface area contributed by atoms with E-state index in [0.29, 0.717) is 0 Å². The number of primary amides is 1. The maximum atomic E-state index is 10.2.